The molecule has 0 nitrogen and oxygen atoms in total. The maximum absolute atomic E-state index is 0. The van der Waals surface area contributed by atoms with Gasteiger partial charge in [-0.05, 0) is 0 Å². The second-order valence-electron chi connectivity index (χ2n) is 0. The minimum absolute atomic E-state index is 0. The van der Waals surface area contributed by atoms with Crippen LogP contribution >= 0.6 is 0 Å². The Bertz CT molecular complexity index is 11.6. The van der Waals surface area contributed by atoms with E-state index in [-0.39, 0.29) is 94.9 Å². The third-order valence-corrected chi connectivity index (χ3v) is 0. The average Bonchev–Trinajstić information content (AvgIpc) is 0. The molecule has 0 aromatic carbocycles. The van der Waals surface area contributed by atoms with Gasteiger partial charge in [0.05, 0.1) is 0 Å². The van der Waals surface area contributed by atoms with Crippen molar-refractivity contribution in [3.8, 4) is 0 Å². The quantitative estimate of drug-likeness (QED) is 0.346. The molecule has 0 amide bonds. The van der Waals surface area contributed by atoms with Crippen LogP contribution in [0.2, 0.25) is 0 Å². The first kappa shape index (κ1) is 43.6. The first-order chi connectivity index (χ1) is 0. The Labute approximate surface area is 93.5 Å². The molecule has 0 bridgehead atoms. The fourth-order valence-electron chi connectivity index (χ4n) is 0. The van der Waals surface area contributed by atoms with Crippen LogP contribution in [0.3, 0.4) is 0 Å². The summed E-state index contributed by atoms with van der Waals surface area (Å²) in [6.45, 7) is 0. The largest absolute Gasteiger partial charge is 0.187 e. The molecular weight excluding hydrogens is 527 g/mol. The maximum Gasteiger partial charge on any atom is 0.187 e. The van der Waals surface area contributed by atoms with Crippen molar-refractivity contribution >= 4 is 17.4 Å². The normalized spacial score (nSPS) is 0. The maximum atomic E-state index is 0. The first-order valence-electron chi connectivity index (χ1n) is 0. The van der Waals surface area contributed by atoms with E-state index in [1.165, 1.54) is 0 Å². The van der Waals surface area contributed by atoms with Crippen molar-refractivity contribution in [1.82, 2.24) is 0 Å². The van der Waals surface area contributed by atoms with Crippen LogP contribution in [0.1, 0.15) is 0 Å². The molecule has 0 fully saturated rings. The molecule has 5 heavy (non-hydrogen) atoms. The van der Waals surface area contributed by atoms with Crippen LogP contribution in [0, 0.1) is 0 Å². The fourth-order valence-corrected chi connectivity index (χ4v) is 0. The van der Waals surface area contributed by atoms with Crippen molar-refractivity contribution in [2.24, 2.45) is 0 Å². The Kier molecular flexibility index (Phi) is 244. The topological polar surface area (TPSA) is 0 Å². The van der Waals surface area contributed by atoms with E-state index in [0.29, 0.717) is 0 Å². The Balaban J connectivity index is 0. The summed E-state index contributed by atoms with van der Waals surface area (Å²) in [7, 11) is 0. The molecule has 0 aliphatic rings. The predicted octanol–water partition coefficient (Wildman–Crippen LogP) is -1.19. The summed E-state index contributed by atoms with van der Waals surface area (Å²) in [5.74, 6) is 0. The van der Waals surface area contributed by atoms with E-state index >= 15 is 0 Å². The monoisotopic (exact) mass is 530 g/mol. The van der Waals surface area contributed by atoms with Crippen LogP contribution in [0.5, 0.6) is 0 Å². The molecule has 0 aliphatic heterocycles. The molecule has 0 rings (SSSR count). The van der Waals surface area contributed by atoms with Gasteiger partial charge < -0.3 is 0 Å². The van der Waals surface area contributed by atoms with Crippen LogP contribution < -0.4 is 0 Å². The second kappa shape index (κ2) is 28.0. The van der Waals surface area contributed by atoms with Gasteiger partial charge in [0, 0.05) is 77.6 Å². The summed E-state index contributed by atoms with van der Waals surface area (Å²) in [6, 6.07) is 0. The average molecular weight is 530 g/mol. The molecule has 0 aromatic rings. The third kappa shape index (κ3) is 19.4. The molecule has 0 unspecified atom stereocenters. The molecule has 0 saturated heterocycles. The van der Waals surface area contributed by atoms with E-state index in [4.69, 9.17) is 0 Å². The van der Waals surface area contributed by atoms with Gasteiger partial charge in [-0.1, -0.05) is 0 Å². The Morgan fingerprint density at radius 2 is 1.00 bits per heavy atom. The second-order valence-corrected chi connectivity index (χ2v) is 0. The zero-order valence-corrected chi connectivity index (χ0v) is 8.51. The van der Waals surface area contributed by atoms with Crippen molar-refractivity contribution in [3.05, 3.63) is 0 Å². The van der Waals surface area contributed by atoms with Gasteiger partial charge in [-0.3, -0.25) is 0 Å². The van der Waals surface area contributed by atoms with Gasteiger partial charge in [0.1, 0.15) is 0 Å². The summed E-state index contributed by atoms with van der Waals surface area (Å²) < 4.78 is 0. The van der Waals surface area contributed by atoms with E-state index in [9.17, 15) is 0 Å². The van der Waals surface area contributed by atoms with E-state index < -0.39 is 0 Å². The molecule has 0 spiro atoms. The summed E-state index contributed by atoms with van der Waals surface area (Å²) in [6.07, 6.45) is 0. The van der Waals surface area contributed by atoms with Crippen LogP contribution in [0.25, 0.3) is 0 Å². The number of hydrogen-bond acceptors (Lipinski definition) is 0. The van der Waals surface area contributed by atoms with Crippen LogP contribution in [0.15, 0.2) is 0 Å². The van der Waals surface area contributed by atoms with Crippen LogP contribution in [-0.2, 0) is 77.6 Å². The minimum atomic E-state index is 0. The van der Waals surface area contributed by atoms with Gasteiger partial charge in [-0.2, -0.15) is 0 Å². The summed E-state index contributed by atoms with van der Waals surface area (Å²) in [4.78, 5) is 0. The van der Waals surface area contributed by atoms with Crippen LogP contribution in [0.4, 0.5) is 0 Å². The molecule has 0 saturated carbocycles. The standard InChI is InChI=1S/Al.Au.Cu.Fe.W.3H. The van der Waals surface area contributed by atoms with E-state index in [1.807, 2.05) is 0 Å². The Morgan fingerprint density at radius 3 is 1.00 bits per heavy atom. The summed E-state index contributed by atoms with van der Waals surface area (Å²) in [5.41, 5.74) is 0. The van der Waals surface area contributed by atoms with Crippen molar-refractivity contribution < 1.29 is 77.6 Å². The summed E-state index contributed by atoms with van der Waals surface area (Å²) in [5, 5.41) is 0. The molecule has 0 atom stereocenters. The van der Waals surface area contributed by atoms with Gasteiger partial charge in [-0.15, -0.1) is 0 Å². The molecule has 2 radical (unpaired) electrons. The zero-order valence-electron chi connectivity index (χ0n) is 1.36. The summed E-state index contributed by atoms with van der Waals surface area (Å²) >= 11 is 0. The third-order valence-electron chi connectivity index (χ3n) is 0. The molecule has 0 N–H and O–H groups in total. The smallest absolute Gasteiger partial charge is 0 e. The van der Waals surface area contributed by atoms with Crippen molar-refractivity contribution in [2.45, 2.75) is 0 Å². The van der Waals surface area contributed by atoms with Gasteiger partial charge >= 0.3 is 0 Å². The molecular formula is H3AlAuCuFeW. The molecule has 0 aromatic heterocycles. The van der Waals surface area contributed by atoms with E-state index in [1.54, 1.807) is 0 Å². The number of rotatable bonds is 0. The van der Waals surface area contributed by atoms with Gasteiger partial charge in [0.25, 0.3) is 0 Å². The predicted molar refractivity (Wildman–Crippen MR) is 9.94 cm³/mol. The fraction of sp³-hybridized carbons (Fsp3) is 0. The minimum Gasteiger partial charge on any atom is 0 e. The first-order valence-corrected chi connectivity index (χ1v) is 0. The Morgan fingerprint density at radius 1 is 1.00 bits per heavy atom. The van der Waals surface area contributed by atoms with E-state index in [2.05, 4.69) is 0 Å². The van der Waals surface area contributed by atoms with Crippen molar-refractivity contribution in [1.29, 1.82) is 0 Å². The molecule has 5 heteroatoms. The SMILES string of the molecule is [AlH3].[Au].[Cu].[Fe].[W]. The van der Waals surface area contributed by atoms with E-state index in [0.717, 1.165) is 0 Å². The molecule has 0 heterocycles. The van der Waals surface area contributed by atoms with Gasteiger partial charge in [-0.25, -0.2) is 0 Å². The number of hydrogen-bond donors (Lipinski definition) is 0. The Hall–Kier alpha value is 3.00. The zero-order chi connectivity index (χ0) is 0. The molecule has 0 aliphatic carbocycles. The van der Waals surface area contributed by atoms with Crippen LogP contribution in [-0.4, -0.2) is 17.4 Å². The van der Waals surface area contributed by atoms with Gasteiger partial charge in [0.15, 0.2) is 17.4 Å². The van der Waals surface area contributed by atoms with Crippen molar-refractivity contribution in [3.63, 3.8) is 0 Å². The van der Waals surface area contributed by atoms with Gasteiger partial charge in [0.2, 0.25) is 0 Å². The van der Waals surface area contributed by atoms with Crippen molar-refractivity contribution in [2.75, 3.05) is 0 Å². The molecule has 42 valence electrons.